The molecule has 1 N–H and O–H groups in total. The highest BCUT2D eigenvalue weighted by atomic mass is 32.1. The van der Waals surface area contributed by atoms with Crippen molar-refractivity contribution in [3.05, 3.63) is 28.6 Å². The molecule has 0 saturated carbocycles. The van der Waals surface area contributed by atoms with Crippen LogP contribution >= 0.6 is 11.3 Å². The molecule has 1 amide bonds. The highest BCUT2D eigenvalue weighted by molar-refractivity contribution is 7.09. The molecule has 1 atom stereocenters. The van der Waals surface area contributed by atoms with Gasteiger partial charge in [0.05, 0.1) is 16.4 Å². The molecular weight excluding hydrogens is 328 g/mol. The molecule has 1 unspecified atom stereocenters. The maximum absolute atomic E-state index is 12.6. The zero-order valence-corrected chi connectivity index (χ0v) is 14.5. The SMILES string of the molecule is Cc1nc(-c2ccc3c(c2)N(CC(=O)O)C(=O)C(C(C)C)O3)cs1. The lowest BCUT2D eigenvalue weighted by molar-refractivity contribution is -0.138. The molecule has 0 saturated heterocycles. The predicted molar refractivity (Wildman–Crippen MR) is 91.5 cm³/mol. The third-order valence-corrected chi connectivity index (χ3v) is 4.60. The van der Waals surface area contributed by atoms with Gasteiger partial charge in [0.15, 0.2) is 6.10 Å². The Hall–Kier alpha value is -2.41. The number of hydrogen-bond acceptors (Lipinski definition) is 5. The third-order valence-electron chi connectivity index (χ3n) is 3.83. The van der Waals surface area contributed by atoms with Crippen LogP contribution in [-0.4, -0.2) is 34.6 Å². The van der Waals surface area contributed by atoms with Gasteiger partial charge in [0.25, 0.3) is 5.91 Å². The minimum Gasteiger partial charge on any atom is -0.480 e. The summed E-state index contributed by atoms with van der Waals surface area (Å²) in [5, 5.41) is 12.1. The largest absolute Gasteiger partial charge is 0.480 e. The molecule has 3 rings (SSSR count). The lowest BCUT2D eigenvalue weighted by atomic mass is 10.0. The Labute approximate surface area is 143 Å². The highest BCUT2D eigenvalue weighted by Crippen LogP contribution is 2.38. The highest BCUT2D eigenvalue weighted by Gasteiger charge is 2.37. The molecule has 0 bridgehead atoms. The van der Waals surface area contributed by atoms with Gasteiger partial charge in [-0.3, -0.25) is 14.5 Å². The number of anilines is 1. The Morgan fingerprint density at radius 2 is 2.21 bits per heavy atom. The number of aliphatic carboxylic acids is 1. The van der Waals surface area contributed by atoms with Gasteiger partial charge in [0, 0.05) is 10.9 Å². The number of hydrogen-bond donors (Lipinski definition) is 1. The molecular formula is C17H18N2O4S. The van der Waals surface area contributed by atoms with E-state index >= 15 is 0 Å². The second-order valence-electron chi connectivity index (χ2n) is 6.03. The first-order valence-electron chi connectivity index (χ1n) is 7.63. The number of nitrogens with zero attached hydrogens (tertiary/aromatic N) is 2. The Kier molecular flexibility index (Phi) is 4.28. The number of carboxylic acid groups (broad SMARTS) is 1. The zero-order valence-electron chi connectivity index (χ0n) is 13.6. The van der Waals surface area contributed by atoms with Gasteiger partial charge >= 0.3 is 5.97 Å². The van der Waals surface area contributed by atoms with E-state index in [1.807, 2.05) is 32.2 Å². The number of aromatic nitrogens is 1. The van der Waals surface area contributed by atoms with Crippen LogP contribution in [0.5, 0.6) is 5.75 Å². The zero-order chi connectivity index (χ0) is 17.4. The van der Waals surface area contributed by atoms with Gasteiger partial charge in [0.2, 0.25) is 0 Å². The lowest BCUT2D eigenvalue weighted by Gasteiger charge is -2.35. The van der Waals surface area contributed by atoms with E-state index in [1.54, 1.807) is 12.1 Å². The Balaban J connectivity index is 2.06. The van der Waals surface area contributed by atoms with E-state index < -0.39 is 18.6 Å². The van der Waals surface area contributed by atoms with E-state index in [9.17, 15) is 14.7 Å². The predicted octanol–water partition coefficient (Wildman–Crippen LogP) is 2.95. The summed E-state index contributed by atoms with van der Waals surface area (Å²) in [7, 11) is 0. The van der Waals surface area contributed by atoms with E-state index in [1.165, 1.54) is 16.2 Å². The number of fused-ring (bicyclic) bond motifs is 1. The van der Waals surface area contributed by atoms with Crippen LogP contribution in [0, 0.1) is 12.8 Å². The molecule has 0 aliphatic carbocycles. The summed E-state index contributed by atoms with van der Waals surface area (Å²) in [4.78, 5) is 29.6. The summed E-state index contributed by atoms with van der Waals surface area (Å²) in [5.41, 5.74) is 2.10. The number of amides is 1. The number of carbonyl (C=O) groups is 2. The summed E-state index contributed by atoms with van der Waals surface area (Å²) in [5.74, 6) is -0.923. The van der Waals surface area contributed by atoms with Crippen molar-refractivity contribution in [3.63, 3.8) is 0 Å². The fourth-order valence-corrected chi connectivity index (χ4v) is 3.28. The Morgan fingerprint density at radius 1 is 1.46 bits per heavy atom. The molecule has 0 spiro atoms. The molecule has 1 aromatic carbocycles. The van der Waals surface area contributed by atoms with Crippen LogP contribution in [0.15, 0.2) is 23.6 Å². The van der Waals surface area contributed by atoms with Gasteiger partial charge in [-0.25, -0.2) is 4.98 Å². The molecule has 7 heteroatoms. The molecule has 6 nitrogen and oxygen atoms in total. The standard InChI is InChI=1S/C17H18N2O4S/c1-9(2)16-17(22)19(7-15(20)21)13-6-11(4-5-14(13)23-16)12-8-24-10(3)18-12/h4-6,8-9,16H,7H2,1-3H3,(H,20,21). The monoisotopic (exact) mass is 346 g/mol. The summed E-state index contributed by atoms with van der Waals surface area (Å²) in [6.07, 6.45) is -0.677. The van der Waals surface area contributed by atoms with Crippen molar-refractivity contribution in [2.75, 3.05) is 11.4 Å². The molecule has 0 fully saturated rings. The summed E-state index contributed by atoms with van der Waals surface area (Å²) in [6, 6.07) is 5.41. The topological polar surface area (TPSA) is 79.7 Å². The fraction of sp³-hybridized carbons (Fsp3) is 0.353. The van der Waals surface area contributed by atoms with E-state index in [4.69, 9.17) is 4.74 Å². The van der Waals surface area contributed by atoms with Crippen LogP contribution in [0.25, 0.3) is 11.3 Å². The van der Waals surface area contributed by atoms with Crippen LogP contribution in [0.3, 0.4) is 0 Å². The second-order valence-corrected chi connectivity index (χ2v) is 7.10. The first-order chi connectivity index (χ1) is 11.4. The average molecular weight is 346 g/mol. The molecule has 126 valence electrons. The number of carboxylic acids is 1. The average Bonchev–Trinajstić information content (AvgIpc) is 2.95. The number of carbonyl (C=O) groups excluding carboxylic acids is 1. The van der Waals surface area contributed by atoms with Crippen molar-refractivity contribution >= 4 is 28.9 Å². The maximum Gasteiger partial charge on any atom is 0.323 e. The number of aryl methyl sites for hydroxylation is 1. The van der Waals surface area contributed by atoms with Gasteiger partial charge < -0.3 is 9.84 Å². The molecule has 2 aromatic rings. The van der Waals surface area contributed by atoms with E-state index in [2.05, 4.69) is 4.98 Å². The van der Waals surface area contributed by atoms with Gasteiger partial charge in [-0.2, -0.15) is 0 Å². The van der Waals surface area contributed by atoms with Crippen LogP contribution in [0.4, 0.5) is 5.69 Å². The fourth-order valence-electron chi connectivity index (χ4n) is 2.66. The van der Waals surface area contributed by atoms with Gasteiger partial charge in [-0.1, -0.05) is 13.8 Å². The van der Waals surface area contributed by atoms with Gasteiger partial charge in [0.1, 0.15) is 12.3 Å². The van der Waals surface area contributed by atoms with Crippen molar-refractivity contribution < 1.29 is 19.4 Å². The Bertz CT molecular complexity index is 800. The Morgan fingerprint density at radius 3 is 2.79 bits per heavy atom. The normalized spacial score (nSPS) is 16.9. The van der Waals surface area contributed by atoms with E-state index in [0.717, 1.165) is 16.3 Å². The first kappa shape index (κ1) is 16.4. The van der Waals surface area contributed by atoms with Crippen LogP contribution < -0.4 is 9.64 Å². The minimum absolute atomic E-state index is 0.0530. The minimum atomic E-state index is -1.06. The van der Waals surface area contributed by atoms with Crippen molar-refractivity contribution in [2.24, 2.45) is 5.92 Å². The molecule has 0 radical (unpaired) electrons. The molecule has 24 heavy (non-hydrogen) atoms. The number of thiazole rings is 1. The summed E-state index contributed by atoms with van der Waals surface area (Å²) < 4.78 is 5.81. The second kappa shape index (κ2) is 6.24. The van der Waals surface area contributed by atoms with Gasteiger partial charge in [-0.05, 0) is 31.0 Å². The van der Waals surface area contributed by atoms with Crippen LogP contribution in [-0.2, 0) is 9.59 Å². The van der Waals surface area contributed by atoms with Crippen molar-refractivity contribution in [1.29, 1.82) is 0 Å². The number of rotatable bonds is 4. The smallest absolute Gasteiger partial charge is 0.323 e. The van der Waals surface area contributed by atoms with Crippen molar-refractivity contribution in [1.82, 2.24) is 4.98 Å². The van der Waals surface area contributed by atoms with Crippen molar-refractivity contribution in [3.8, 4) is 17.0 Å². The van der Waals surface area contributed by atoms with Crippen molar-refractivity contribution in [2.45, 2.75) is 26.9 Å². The maximum atomic E-state index is 12.6. The molecule has 1 aromatic heterocycles. The first-order valence-corrected chi connectivity index (χ1v) is 8.51. The molecule has 2 heterocycles. The number of ether oxygens (including phenoxy) is 1. The third kappa shape index (κ3) is 2.99. The van der Waals surface area contributed by atoms with E-state index in [-0.39, 0.29) is 11.8 Å². The quantitative estimate of drug-likeness (QED) is 0.921. The summed E-state index contributed by atoms with van der Waals surface area (Å²) >= 11 is 1.54. The van der Waals surface area contributed by atoms with Crippen LogP contribution in [0.2, 0.25) is 0 Å². The molecule has 1 aliphatic rings. The van der Waals surface area contributed by atoms with E-state index in [0.29, 0.717) is 11.4 Å². The van der Waals surface area contributed by atoms with Crippen LogP contribution in [0.1, 0.15) is 18.9 Å². The number of benzene rings is 1. The molecule has 1 aliphatic heterocycles. The lowest BCUT2D eigenvalue weighted by Crippen LogP contribution is -2.50. The van der Waals surface area contributed by atoms with Gasteiger partial charge in [-0.15, -0.1) is 11.3 Å². The summed E-state index contributed by atoms with van der Waals surface area (Å²) in [6.45, 7) is 5.28.